The molecule has 0 bridgehead atoms. The average Bonchev–Trinajstić information content (AvgIpc) is 3.19. The number of thiophene rings is 1. The first-order valence-electron chi connectivity index (χ1n) is 11.3. The van der Waals surface area contributed by atoms with E-state index in [4.69, 9.17) is 24.9 Å². The third-order valence-corrected chi connectivity index (χ3v) is 7.46. The smallest absolute Gasteiger partial charge is 0.355 e. The summed E-state index contributed by atoms with van der Waals surface area (Å²) in [6, 6.07) is 13.1. The van der Waals surface area contributed by atoms with Crippen LogP contribution < -0.4 is 19.9 Å². The lowest BCUT2D eigenvalue weighted by molar-refractivity contribution is 0.0739. The van der Waals surface area contributed by atoms with Crippen molar-refractivity contribution in [1.29, 1.82) is 0 Å². The number of hydrogen-bond donors (Lipinski definition) is 1. The molecule has 0 atom stereocenters. The van der Waals surface area contributed by atoms with Gasteiger partial charge in [0.1, 0.15) is 27.0 Å². The Morgan fingerprint density at radius 3 is 2.66 bits per heavy atom. The second-order valence-electron chi connectivity index (χ2n) is 8.65. The van der Waals surface area contributed by atoms with Crippen molar-refractivity contribution in [3.05, 3.63) is 64.2 Å². The van der Waals surface area contributed by atoms with Crippen LogP contribution in [0.4, 0.5) is 5.69 Å². The highest BCUT2D eigenvalue weighted by Crippen LogP contribution is 2.46. The Balaban J connectivity index is 1.75. The van der Waals surface area contributed by atoms with Gasteiger partial charge in [0.15, 0.2) is 0 Å². The van der Waals surface area contributed by atoms with Crippen LogP contribution in [0, 0.1) is 6.92 Å². The fourth-order valence-corrected chi connectivity index (χ4v) is 5.54. The molecule has 0 saturated carbocycles. The van der Waals surface area contributed by atoms with E-state index in [1.54, 1.807) is 20.3 Å². The molecule has 0 amide bonds. The number of nitrogens with two attached hydrogens (primary N) is 1. The predicted molar refractivity (Wildman–Crippen MR) is 139 cm³/mol. The predicted octanol–water partition coefficient (Wildman–Crippen LogP) is 5.08. The number of esters is 1. The van der Waals surface area contributed by atoms with Gasteiger partial charge in [0.05, 0.1) is 19.9 Å². The van der Waals surface area contributed by atoms with Crippen molar-refractivity contribution in [1.82, 2.24) is 9.88 Å². The number of aryl methyl sites for hydroxylation is 1. The summed E-state index contributed by atoms with van der Waals surface area (Å²) in [5.41, 5.74) is 11.8. The van der Waals surface area contributed by atoms with E-state index in [1.165, 1.54) is 11.3 Å². The van der Waals surface area contributed by atoms with Gasteiger partial charge in [-0.1, -0.05) is 18.2 Å². The molecule has 8 heteroatoms. The van der Waals surface area contributed by atoms with Crippen LogP contribution in [0.2, 0.25) is 0 Å². The van der Waals surface area contributed by atoms with Crippen LogP contribution in [0.25, 0.3) is 21.3 Å². The fraction of sp³-hybridized carbons (Fsp3) is 0.259. The van der Waals surface area contributed by atoms with Crippen LogP contribution in [0.15, 0.2) is 42.5 Å². The Bertz CT molecular complexity index is 1450. The molecule has 4 aromatic rings. The minimum atomic E-state index is -0.488. The molecule has 1 aliphatic heterocycles. The summed E-state index contributed by atoms with van der Waals surface area (Å²) in [4.78, 5) is 21.5. The second kappa shape index (κ2) is 9.20. The Kier molecular flexibility index (Phi) is 6.08. The van der Waals surface area contributed by atoms with E-state index < -0.39 is 5.97 Å². The number of likely N-dealkylation sites (N-methyl/N-ethyl adjacent to an activating group) is 1. The van der Waals surface area contributed by atoms with Gasteiger partial charge in [-0.2, -0.15) is 0 Å². The van der Waals surface area contributed by atoms with E-state index in [0.29, 0.717) is 39.2 Å². The lowest BCUT2D eigenvalue weighted by atomic mass is 9.91. The lowest BCUT2D eigenvalue weighted by Gasteiger charge is -2.27. The van der Waals surface area contributed by atoms with E-state index in [0.717, 1.165) is 46.3 Å². The van der Waals surface area contributed by atoms with E-state index in [1.807, 2.05) is 43.3 Å². The molecule has 3 heterocycles. The summed E-state index contributed by atoms with van der Waals surface area (Å²) in [5, 5.41) is 0.743. The molecule has 5 rings (SSSR count). The molecule has 0 spiro atoms. The minimum absolute atomic E-state index is 0.342. The maximum Gasteiger partial charge on any atom is 0.355 e. The summed E-state index contributed by atoms with van der Waals surface area (Å²) in [6.07, 6.45) is 0.807. The summed E-state index contributed by atoms with van der Waals surface area (Å²) in [5.74, 6) is 1.43. The number of para-hydroxylation sites is 1. The number of anilines is 1. The van der Waals surface area contributed by atoms with Gasteiger partial charge in [0.25, 0.3) is 0 Å². The Morgan fingerprint density at radius 1 is 1.11 bits per heavy atom. The molecule has 0 radical (unpaired) electrons. The number of benzene rings is 2. The van der Waals surface area contributed by atoms with Crippen molar-refractivity contribution in [2.24, 2.45) is 0 Å². The van der Waals surface area contributed by atoms with Crippen LogP contribution in [-0.4, -0.2) is 43.7 Å². The van der Waals surface area contributed by atoms with E-state index in [9.17, 15) is 4.79 Å². The molecule has 0 unspecified atom stereocenters. The van der Waals surface area contributed by atoms with Crippen molar-refractivity contribution >= 4 is 33.2 Å². The van der Waals surface area contributed by atoms with Gasteiger partial charge in [0, 0.05) is 41.7 Å². The van der Waals surface area contributed by atoms with Crippen molar-refractivity contribution in [3.8, 4) is 28.4 Å². The number of rotatable bonds is 5. The maximum atomic E-state index is 13.2. The van der Waals surface area contributed by atoms with Crippen LogP contribution in [0.3, 0.4) is 0 Å². The number of carbonyl (C=O) groups is 1. The van der Waals surface area contributed by atoms with Gasteiger partial charge in [-0.15, -0.1) is 11.3 Å². The number of fused-ring (bicyclic) bond motifs is 2. The molecule has 0 fully saturated rings. The topological polar surface area (TPSA) is 86.9 Å². The summed E-state index contributed by atoms with van der Waals surface area (Å²) < 4.78 is 17.0. The first-order valence-corrected chi connectivity index (χ1v) is 12.1. The Labute approximate surface area is 208 Å². The van der Waals surface area contributed by atoms with Crippen LogP contribution >= 0.6 is 11.3 Å². The van der Waals surface area contributed by atoms with Gasteiger partial charge >= 0.3 is 5.97 Å². The zero-order valence-corrected chi connectivity index (χ0v) is 21.0. The number of nitrogens with zero attached hydrogens (tertiary/aromatic N) is 2. The lowest BCUT2D eigenvalue weighted by Crippen LogP contribution is -2.28. The van der Waals surface area contributed by atoms with Gasteiger partial charge in [-0.25, -0.2) is 9.78 Å². The molecular weight excluding hydrogens is 462 g/mol. The number of aromatic nitrogens is 1. The Hall–Kier alpha value is -3.62. The van der Waals surface area contributed by atoms with Crippen LogP contribution in [0.1, 0.15) is 26.5 Å². The van der Waals surface area contributed by atoms with Gasteiger partial charge in [-0.3, -0.25) is 0 Å². The minimum Gasteiger partial charge on any atom is -0.497 e. The number of carbonyl (C=O) groups excluding carboxylic acids is 1. The quantitative estimate of drug-likeness (QED) is 0.309. The van der Waals surface area contributed by atoms with Crippen LogP contribution in [0.5, 0.6) is 17.2 Å². The van der Waals surface area contributed by atoms with Crippen molar-refractivity contribution in [2.75, 3.05) is 33.5 Å². The molecular formula is C27H27N3O4S. The number of ether oxygens (including phenoxy) is 3. The molecule has 0 saturated heterocycles. The normalized spacial score (nSPS) is 13.5. The Morgan fingerprint density at radius 2 is 1.91 bits per heavy atom. The van der Waals surface area contributed by atoms with Crippen molar-refractivity contribution in [2.45, 2.75) is 19.9 Å². The highest BCUT2D eigenvalue weighted by Gasteiger charge is 2.29. The molecule has 7 nitrogen and oxygen atoms in total. The van der Waals surface area contributed by atoms with Crippen molar-refractivity contribution in [3.63, 3.8) is 0 Å². The average molecular weight is 490 g/mol. The molecule has 2 aromatic carbocycles. The summed E-state index contributed by atoms with van der Waals surface area (Å²) in [7, 11) is 5.36. The van der Waals surface area contributed by atoms with E-state index >= 15 is 0 Å². The maximum absolute atomic E-state index is 13.2. The largest absolute Gasteiger partial charge is 0.497 e. The standard InChI is InChI=1S/C27H27N3O4S/c1-15-7-5-6-8-20(15)34-27(31)25-24(28)23-22(17-13-16(32-3)9-10-21(17)33-4)18-14-30(2)12-11-19(18)29-26(23)35-25/h5-10,13H,11-12,14,28H2,1-4H3. The fourth-order valence-electron chi connectivity index (χ4n) is 4.54. The summed E-state index contributed by atoms with van der Waals surface area (Å²) in [6.45, 7) is 3.52. The SMILES string of the molecule is COc1ccc(OC)c(-c2c3c(nc4sc(C(=O)Oc5ccccc5C)c(N)c24)CCN(C)C3)c1. The zero-order chi connectivity index (χ0) is 24.7. The molecule has 2 aromatic heterocycles. The van der Waals surface area contributed by atoms with Gasteiger partial charge in [0.2, 0.25) is 0 Å². The monoisotopic (exact) mass is 489 g/mol. The number of hydrogen-bond acceptors (Lipinski definition) is 8. The van der Waals surface area contributed by atoms with Crippen molar-refractivity contribution < 1.29 is 19.0 Å². The first kappa shape index (κ1) is 23.1. The number of methoxy groups -OCH3 is 2. The van der Waals surface area contributed by atoms with E-state index in [2.05, 4.69) is 11.9 Å². The van der Waals surface area contributed by atoms with Gasteiger partial charge in [-0.05, 0) is 49.4 Å². The molecule has 0 aliphatic carbocycles. The molecule has 180 valence electrons. The number of nitrogen functional groups attached to an aromatic ring is 1. The third-order valence-electron chi connectivity index (χ3n) is 6.38. The van der Waals surface area contributed by atoms with Crippen LogP contribution in [-0.2, 0) is 13.0 Å². The second-order valence-corrected chi connectivity index (χ2v) is 9.65. The first-order chi connectivity index (χ1) is 16.9. The number of pyridine rings is 1. The molecule has 35 heavy (non-hydrogen) atoms. The molecule has 2 N–H and O–H groups in total. The third kappa shape index (κ3) is 4.09. The zero-order valence-electron chi connectivity index (χ0n) is 20.2. The van der Waals surface area contributed by atoms with Gasteiger partial charge < -0.3 is 24.8 Å². The molecule has 1 aliphatic rings. The van der Waals surface area contributed by atoms with E-state index in [-0.39, 0.29) is 0 Å². The summed E-state index contributed by atoms with van der Waals surface area (Å²) >= 11 is 1.27. The highest BCUT2D eigenvalue weighted by atomic mass is 32.1. The highest BCUT2D eigenvalue weighted by molar-refractivity contribution is 7.21.